The minimum Gasteiger partial charge on any atom is -0.310 e. The van der Waals surface area contributed by atoms with E-state index in [2.05, 4.69) is 278 Å². The maximum Gasteiger partial charge on any atom is 0.0634 e. The fourth-order valence-corrected chi connectivity index (χ4v) is 12.9. The Balaban J connectivity index is 1.13. The van der Waals surface area contributed by atoms with Crippen LogP contribution in [-0.2, 0) is 0 Å². The quantitative estimate of drug-likeness (QED) is 0.151. The van der Waals surface area contributed by atoms with Crippen molar-refractivity contribution in [3.05, 3.63) is 252 Å². The molecule has 0 amide bonds. The number of para-hydroxylation sites is 4. The van der Waals surface area contributed by atoms with Crippen LogP contribution >= 0.6 is 0 Å². The molecule has 0 spiro atoms. The van der Waals surface area contributed by atoms with Gasteiger partial charge in [0, 0.05) is 88.3 Å². The van der Waals surface area contributed by atoms with Gasteiger partial charge in [-0.05, 0) is 134 Å². The summed E-state index contributed by atoms with van der Waals surface area (Å²) in [7, 11) is 0. The molecule has 0 radical (unpaired) electrons. The van der Waals surface area contributed by atoms with Gasteiger partial charge in [0.1, 0.15) is 0 Å². The third-order valence-corrected chi connectivity index (χ3v) is 16.3. The normalized spacial score (nSPS) is 12.1. The molecule has 356 valence electrons. The Bertz CT molecular complexity index is 4740. The van der Waals surface area contributed by atoms with Gasteiger partial charge >= 0.3 is 0 Å². The molecule has 4 heteroatoms. The number of hydrogen-bond donors (Lipinski definition) is 0. The van der Waals surface area contributed by atoms with Crippen LogP contribution in [-0.4, -0.2) is 8.80 Å². The first-order valence-corrected chi connectivity index (χ1v) is 26.2. The molecular formula is C71H52N4. The summed E-state index contributed by atoms with van der Waals surface area (Å²) in [6, 6.07) is 83.8. The molecule has 0 aliphatic rings. The molecule has 15 rings (SSSR count). The minimum absolute atomic E-state index is 1.12. The SMILES string of the molecule is Cc1ccc(C)c(N(c2ccccc2)c2ccc3c4cccc5c6c(-c7ccccc7)c7c(c(-c8ccccc8)c6n(c3c2)c45)c2cccc3c4ccc(N(c5ccccc5)c5cc(C)cc(C)c5C)cc4n7c32)c1. The van der Waals surface area contributed by atoms with E-state index in [0.29, 0.717) is 0 Å². The van der Waals surface area contributed by atoms with E-state index in [1.54, 1.807) is 0 Å². The van der Waals surface area contributed by atoms with Crippen LogP contribution in [0.1, 0.15) is 27.8 Å². The Morgan fingerprint density at radius 2 is 0.733 bits per heavy atom. The summed E-state index contributed by atoms with van der Waals surface area (Å²) in [5.41, 5.74) is 25.3. The summed E-state index contributed by atoms with van der Waals surface area (Å²) in [6.07, 6.45) is 0. The minimum atomic E-state index is 1.12. The first kappa shape index (κ1) is 43.2. The first-order chi connectivity index (χ1) is 36.8. The lowest BCUT2D eigenvalue weighted by molar-refractivity contribution is 1.21. The van der Waals surface area contributed by atoms with Crippen molar-refractivity contribution in [1.82, 2.24) is 8.80 Å². The predicted molar refractivity (Wildman–Crippen MR) is 320 cm³/mol. The van der Waals surface area contributed by atoms with E-state index < -0.39 is 0 Å². The second kappa shape index (κ2) is 16.3. The number of aromatic nitrogens is 2. The Kier molecular flexibility index (Phi) is 9.40. The van der Waals surface area contributed by atoms with Gasteiger partial charge in [0.2, 0.25) is 0 Å². The molecule has 4 aromatic heterocycles. The first-order valence-electron chi connectivity index (χ1n) is 26.2. The maximum absolute atomic E-state index is 2.64. The maximum atomic E-state index is 2.64. The van der Waals surface area contributed by atoms with Crippen LogP contribution in [0.3, 0.4) is 0 Å². The van der Waals surface area contributed by atoms with Crippen molar-refractivity contribution < 1.29 is 0 Å². The van der Waals surface area contributed by atoms with E-state index in [0.717, 1.165) is 22.7 Å². The van der Waals surface area contributed by atoms with Crippen LogP contribution in [0, 0.1) is 34.6 Å². The number of benzene rings is 11. The molecule has 0 saturated carbocycles. The lowest BCUT2D eigenvalue weighted by atomic mass is 9.89. The van der Waals surface area contributed by atoms with E-state index in [9.17, 15) is 0 Å². The monoisotopic (exact) mass is 960 g/mol. The Morgan fingerprint density at radius 1 is 0.293 bits per heavy atom. The van der Waals surface area contributed by atoms with Crippen LogP contribution in [0.5, 0.6) is 0 Å². The third kappa shape index (κ3) is 6.23. The summed E-state index contributed by atoms with van der Waals surface area (Å²) < 4.78 is 5.27. The summed E-state index contributed by atoms with van der Waals surface area (Å²) in [5, 5.41) is 10.0. The van der Waals surface area contributed by atoms with E-state index in [4.69, 9.17) is 0 Å². The molecule has 0 aliphatic carbocycles. The molecule has 4 heterocycles. The molecule has 0 atom stereocenters. The van der Waals surface area contributed by atoms with Gasteiger partial charge in [-0.1, -0.05) is 164 Å². The van der Waals surface area contributed by atoms with Crippen molar-refractivity contribution in [2.24, 2.45) is 0 Å². The van der Waals surface area contributed by atoms with Crippen molar-refractivity contribution in [3.63, 3.8) is 0 Å². The average Bonchev–Trinajstić information content (AvgIpc) is 4.18. The van der Waals surface area contributed by atoms with Crippen molar-refractivity contribution >= 4 is 110 Å². The van der Waals surface area contributed by atoms with Crippen LogP contribution in [0.15, 0.2) is 224 Å². The number of hydrogen-bond acceptors (Lipinski definition) is 2. The molecule has 0 aliphatic heterocycles. The third-order valence-electron chi connectivity index (χ3n) is 16.3. The summed E-state index contributed by atoms with van der Waals surface area (Å²) in [5.74, 6) is 0. The van der Waals surface area contributed by atoms with Gasteiger partial charge in [-0.25, -0.2) is 0 Å². The fourth-order valence-electron chi connectivity index (χ4n) is 12.9. The lowest BCUT2D eigenvalue weighted by Crippen LogP contribution is -2.12. The van der Waals surface area contributed by atoms with Gasteiger partial charge in [0.25, 0.3) is 0 Å². The highest BCUT2D eigenvalue weighted by Crippen LogP contribution is 2.55. The second-order valence-corrected chi connectivity index (χ2v) is 20.8. The molecule has 4 nitrogen and oxygen atoms in total. The van der Waals surface area contributed by atoms with Crippen molar-refractivity contribution in [3.8, 4) is 22.3 Å². The molecular weight excluding hydrogens is 909 g/mol. The zero-order valence-corrected chi connectivity index (χ0v) is 42.7. The molecule has 0 bridgehead atoms. The highest BCUT2D eigenvalue weighted by molar-refractivity contribution is 6.38. The summed E-state index contributed by atoms with van der Waals surface area (Å²) in [6.45, 7) is 11.1. The zero-order chi connectivity index (χ0) is 50.2. The van der Waals surface area contributed by atoms with Gasteiger partial charge < -0.3 is 18.6 Å². The molecule has 0 fully saturated rings. The number of aryl methyl sites for hydroxylation is 4. The molecule has 0 N–H and O–H groups in total. The standard InChI is InChI=1S/C71H52N4/c1-43-32-33-45(3)60(39-43)72(50-24-14-8-15-25-50)52-34-36-54-56-28-18-30-58-66-65(49-22-12-7-13-23-49)71-67(64(48-20-10-6-11-21-48)70(66)74(68(56)58)62(54)41-52)59-31-19-29-57-55-37-35-53(42-63(55)75(71)69(57)59)73(51-26-16-9-17-27-51)61-40-44(2)38-46(4)47(61)5/h6-42H,1-5H3. The largest absolute Gasteiger partial charge is 0.310 e. The Hall–Kier alpha value is -9.38. The fraction of sp³-hybridized carbons (Fsp3) is 0.0704. The van der Waals surface area contributed by atoms with Crippen LogP contribution < -0.4 is 9.80 Å². The lowest BCUT2D eigenvalue weighted by Gasteiger charge is -2.28. The predicted octanol–water partition coefficient (Wildman–Crippen LogP) is 19.8. The molecule has 0 unspecified atom stereocenters. The van der Waals surface area contributed by atoms with Crippen molar-refractivity contribution in [2.45, 2.75) is 34.6 Å². The highest BCUT2D eigenvalue weighted by Gasteiger charge is 2.31. The topological polar surface area (TPSA) is 15.3 Å². The van der Waals surface area contributed by atoms with Crippen molar-refractivity contribution in [2.75, 3.05) is 9.80 Å². The van der Waals surface area contributed by atoms with Gasteiger partial charge in [0.15, 0.2) is 0 Å². The van der Waals surface area contributed by atoms with Gasteiger partial charge in [-0.15, -0.1) is 0 Å². The number of fused-ring (bicyclic) bond motifs is 12. The van der Waals surface area contributed by atoms with Gasteiger partial charge in [-0.2, -0.15) is 0 Å². The van der Waals surface area contributed by atoms with Crippen molar-refractivity contribution in [1.29, 1.82) is 0 Å². The average molecular weight is 961 g/mol. The van der Waals surface area contributed by atoms with E-state index in [1.807, 2.05) is 0 Å². The smallest absolute Gasteiger partial charge is 0.0634 e. The van der Waals surface area contributed by atoms with E-state index >= 15 is 0 Å². The van der Waals surface area contributed by atoms with E-state index in [1.165, 1.54) is 138 Å². The molecule has 0 saturated heterocycles. The zero-order valence-electron chi connectivity index (χ0n) is 42.7. The van der Waals surface area contributed by atoms with Crippen LogP contribution in [0.2, 0.25) is 0 Å². The number of rotatable bonds is 8. The molecule has 15 aromatic rings. The second-order valence-electron chi connectivity index (χ2n) is 20.8. The Morgan fingerprint density at radius 3 is 1.23 bits per heavy atom. The molecule has 11 aromatic carbocycles. The highest BCUT2D eigenvalue weighted by atomic mass is 15.2. The van der Waals surface area contributed by atoms with Gasteiger partial charge in [-0.3, -0.25) is 0 Å². The number of anilines is 6. The van der Waals surface area contributed by atoms with Gasteiger partial charge in [0.05, 0.1) is 33.1 Å². The molecule has 75 heavy (non-hydrogen) atoms. The summed E-state index contributed by atoms with van der Waals surface area (Å²) >= 11 is 0. The number of nitrogens with zero attached hydrogens (tertiary/aromatic N) is 4. The van der Waals surface area contributed by atoms with Crippen LogP contribution in [0.25, 0.3) is 98.4 Å². The van der Waals surface area contributed by atoms with E-state index in [-0.39, 0.29) is 0 Å². The Labute approximate surface area is 435 Å². The van der Waals surface area contributed by atoms with Crippen LogP contribution in [0.4, 0.5) is 34.1 Å². The summed E-state index contributed by atoms with van der Waals surface area (Å²) in [4.78, 5) is 4.90.